The highest BCUT2D eigenvalue weighted by molar-refractivity contribution is 5.87. The standard InChI is InChI=1S/C17H18O4/c1-2-10-20-15-6-8-16(9-7-15)21-12-13-4-3-5-14(11-13)17(18)19/h3-9,11H,2,10,12H2,1H3,(H,18,19). The smallest absolute Gasteiger partial charge is 0.335 e. The average molecular weight is 286 g/mol. The molecule has 110 valence electrons. The van der Waals surface area contributed by atoms with Crippen LogP contribution in [0, 0.1) is 0 Å². The Balaban J connectivity index is 1.93. The van der Waals surface area contributed by atoms with Crippen molar-refractivity contribution in [2.45, 2.75) is 20.0 Å². The highest BCUT2D eigenvalue weighted by Crippen LogP contribution is 2.19. The van der Waals surface area contributed by atoms with Crippen molar-refractivity contribution in [1.82, 2.24) is 0 Å². The van der Waals surface area contributed by atoms with E-state index in [1.165, 1.54) is 0 Å². The van der Waals surface area contributed by atoms with Gasteiger partial charge in [0.25, 0.3) is 0 Å². The molecule has 0 fully saturated rings. The normalized spacial score (nSPS) is 10.1. The van der Waals surface area contributed by atoms with Gasteiger partial charge in [0.2, 0.25) is 0 Å². The van der Waals surface area contributed by atoms with E-state index in [0.29, 0.717) is 13.2 Å². The van der Waals surface area contributed by atoms with Crippen molar-refractivity contribution >= 4 is 5.97 Å². The van der Waals surface area contributed by atoms with Gasteiger partial charge in [0.05, 0.1) is 12.2 Å². The van der Waals surface area contributed by atoms with Crippen LogP contribution in [0.25, 0.3) is 0 Å². The quantitative estimate of drug-likeness (QED) is 0.842. The number of hydrogen-bond acceptors (Lipinski definition) is 3. The lowest BCUT2D eigenvalue weighted by atomic mass is 10.1. The molecule has 4 heteroatoms. The fourth-order valence-corrected chi connectivity index (χ4v) is 1.81. The maximum atomic E-state index is 10.9. The molecule has 4 nitrogen and oxygen atoms in total. The molecule has 0 heterocycles. The van der Waals surface area contributed by atoms with Gasteiger partial charge < -0.3 is 14.6 Å². The third kappa shape index (κ3) is 4.53. The van der Waals surface area contributed by atoms with Crippen molar-refractivity contribution in [3.63, 3.8) is 0 Å². The van der Waals surface area contributed by atoms with E-state index in [-0.39, 0.29) is 5.56 Å². The van der Waals surface area contributed by atoms with Crippen LogP contribution >= 0.6 is 0 Å². The van der Waals surface area contributed by atoms with Crippen LogP contribution in [-0.2, 0) is 6.61 Å². The van der Waals surface area contributed by atoms with Gasteiger partial charge in [-0.05, 0) is 48.4 Å². The van der Waals surface area contributed by atoms with Crippen LogP contribution in [-0.4, -0.2) is 17.7 Å². The van der Waals surface area contributed by atoms with Crippen molar-refractivity contribution < 1.29 is 19.4 Å². The number of ether oxygens (including phenoxy) is 2. The second-order valence-electron chi connectivity index (χ2n) is 4.61. The molecule has 2 aromatic carbocycles. The van der Waals surface area contributed by atoms with E-state index >= 15 is 0 Å². The summed E-state index contributed by atoms with van der Waals surface area (Å²) in [4.78, 5) is 10.9. The van der Waals surface area contributed by atoms with Gasteiger partial charge in [-0.2, -0.15) is 0 Å². The molecule has 0 spiro atoms. The zero-order valence-electron chi connectivity index (χ0n) is 11.9. The molecule has 0 atom stereocenters. The van der Waals surface area contributed by atoms with Gasteiger partial charge in [-0.25, -0.2) is 4.79 Å². The van der Waals surface area contributed by atoms with E-state index in [4.69, 9.17) is 14.6 Å². The predicted octanol–water partition coefficient (Wildman–Crippen LogP) is 3.75. The summed E-state index contributed by atoms with van der Waals surface area (Å²) in [6.45, 7) is 3.08. The number of carboxylic acid groups (broad SMARTS) is 1. The van der Waals surface area contributed by atoms with Gasteiger partial charge >= 0.3 is 5.97 Å². The molecule has 0 aliphatic heterocycles. The van der Waals surface area contributed by atoms with E-state index in [9.17, 15) is 4.79 Å². The first-order chi connectivity index (χ1) is 10.2. The molecule has 0 aliphatic rings. The number of aromatic carboxylic acids is 1. The monoisotopic (exact) mass is 286 g/mol. The molecule has 21 heavy (non-hydrogen) atoms. The van der Waals surface area contributed by atoms with E-state index in [2.05, 4.69) is 6.92 Å². The number of rotatable bonds is 7. The van der Waals surface area contributed by atoms with Crippen molar-refractivity contribution in [3.05, 3.63) is 59.7 Å². The second-order valence-corrected chi connectivity index (χ2v) is 4.61. The first kappa shape index (κ1) is 14.9. The summed E-state index contributed by atoms with van der Waals surface area (Å²) in [7, 11) is 0. The largest absolute Gasteiger partial charge is 0.494 e. The fourth-order valence-electron chi connectivity index (χ4n) is 1.81. The SMILES string of the molecule is CCCOc1ccc(OCc2cccc(C(=O)O)c2)cc1. The van der Waals surface area contributed by atoms with Crippen molar-refractivity contribution in [3.8, 4) is 11.5 Å². The summed E-state index contributed by atoms with van der Waals surface area (Å²) >= 11 is 0. The van der Waals surface area contributed by atoms with Crippen LogP contribution in [0.3, 0.4) is 0 Å². The predicted molar refractivity (Wildman–Crippen MR) is 80.0 cm³/mol. The Morgan fingerprint density at radius 1 is 1.05 bits per heavy atom. The molecule has 0 saturated carbocycles. The lowest BCUT2D eigenvalue weighted by Crippen LogP contribution is -2.00. The lowest BCUT2D eigenvalue weighted by molar-refractivity contribution is 0.0696. The van der Waals surface area contributed by atoms with E-state index in [1.54, 1.807) is 18.2 Å². The summed E-state index contributed by atoms with van der Waals surface area (Å²) in [6, 6.07) is 14.1. The minimum atomic E-state index is -0.936. The average Bonchev–Trinajstić information content (AvgIpc) is 2.52. The van der Waals surface area contributed by atoms with Gasteiger partial charge in [-0.3, -0.25) is 0 Å². The Labute approximate surface area is 123 Å². The van der Waals surface area contributed by atoms with Gasteiger partial charge in [0.1, 0.15) is 18.1 Å². The van der Waals surface area contributed by atoms with Crippen LogP contribution in [0.15, 0.2) is 48.5 Å². The first-order valence-corrected chi connectivity index (χ1v) is 6.87. The van der Waals surface area contributed by atoms with Gasteiger partial charge in [0, 0.05) is 0 Å². The maximum absolute atomic E-state index is 10.9. The molecule has 0 radical (unpaired) electrons. The first-order valence-electron chi connectivity index (χ1n) is 6.87. The Kier molecular flexibility index (Phi) is 5.21. The van der Waals surface area contributed by atoms with Crippen LogP contribution in [0.4, 0.5) is 0 Å². The minimum Gasteiger partial charge on any atom is -0.494 e. The van der Waals surface area contributed by atoms with E-state index < -0.39 is 5.97 Å². The molecule has 0 aliphatic carbocycles. The number of carbonyl (C=O) groups is 1. The summed E-state index contributed by atoms with van der Waals surface area (Å²) in [5.41, 5.74) is 1.08. The molecule has 1 N–H and O–H groups in total. The Morgan fingerprint density at radius 3 is 2.33 bits per heavy atom. The van der Waals surface area contributed by atoms with Crippen molar-refractivity contribution in [2.75, 3.05) is 6.61 Å². The van der Waals surface area contributed by atoms with Crippen LogP contribution in [0.2, 0.25) is 0 Å². The Hall–Kier alpha value is -2.49. The molecular weight excluding hydrogens is 268 g/mol. The summed E-state index contributed by atoms with van der Waals surface area (Å²) in [5.74, 6) is 0.603. The minimum absolute atomic E-state index is 0.263. The van der Waals surface area contributed by atoms with E-state index in [1.807, 2.05) is 30.3 Å². The van der Waals surface area contributed by atoms with Gasteiger partial charge in [-0.15, -0.1) is 0 Å². The molecule has 0 unspecified atom stereocenters. The van der Waals surface area contributed by atoms with Gasteiger partial charge in [-0.1, -0.05) is 19.1 Å². The third-order valence-electron chi connectivity index (χ3n) is 2.88. The zero-order valence-corrected chi connectivity index (χ0v) is 11.9. The molecule has 0 amide bonds. The number of benzene rings is 2. The highest BCUT2D eigenvalue weighted by atomic mass is 16.5. The summed E-state index contributed by atoms with van der Waals surface area (Å²) < 4.78 is 11.1. The summed E-state index contributed by atoms with van der Waals surface area (Å²) in [6.07, 6.45) is 0.970. The highest BCUT2D eigenvalue weighted by Gasteiger charge is 2.04. The summed E-state index contributed by atoms with van der Waals surface area (Å²) in [5, 5.41) is 8.94. The second kappa shape index (κ2) is 7.33. The fraction of sp³-hybridized carbons (Fsp3) is 0.235. The van der Waals surface area contributed by atoms with Crippen LogP contribution < -0.4 is 9.47 Å². The van der Waals surface area contributed by atoms with Crippen molar-refractivity contribution in [1.29, 1.82) is 0 Å². The third-order valence-corrected chi connectivity index (χ3v) is 2.88. The van der Waals surface area contributed by atoms with Gasteiger partial charge in [0.15, 0.2) is 0 Å². The zero-order chi connectivity index (χ0) is 15.1. The van der Waals surface area contributed by atoms with E-state index in [0.717, 1.165) is 23.5 Å². The topological polar surface area (TPSA) is 55.8 Å². The van der Waals surface area contributed by atoms with Crippen LogP contribution in [0.5, 0.6) is 11.5 Å². The molecule has 0 saturated heterocycles. The number of carboxylic acids is 1. The lowest BCUT2D eigenvalue weighted by Gasteiger charge is -2.08. The molecular formula is C17H18O4. The molecule has 0 bridgehead atoms. The maximum Gasteiger partial charge on any atom is 0.335 e. The van der Waals surface area contributed by atoms with Crippen molar-refractivity contribution in [2.24, 2.45) is 0 Å². The molecule has 2 rings (SSSR count). The van der Waals surface area contributed by atoms with Crippen LogP contribution in [0.1, 0.15) is 29.3 Å². The molecule has 2 aromatic rings. The number of hydrogen-bond donors (Lipinski definition) is 1. The Morgan fingerprint density at radius 2 is 1.71 bits per heavy atom. The Bertz CT molecular complexity index is 590. The molecule has 0 aromatic heterocycles.